The average Bonchev–Trinajstić information content (AvgIpc) is 2.34. The number of benzene rings is 1. The van der Waals surface area contributed by atoms with E-state index < -0.39 is 0 Å². The van der Waals surface area contributed by atoms with Gasteiger partial charge in [0.2, 0.25) is 0 Å². The van der Waals surface area contributed by atoms with Gasteiger partial charge in [-0.25, -0.2) is 4.39 Å². The zero-order valence-electron chi connectivity index (χ0n) is 9.92. The number of aryl methyl sites for hydroxylation is 1. The Labute approximate surface area is 100 Å². The fourth-order valence-corrected chi connectivity index (χ4v) is 2.03. The second kappa shape index (κ2) is 5.27. The monoisotopic (exact) mass is 236 g/mol. The number of carbonyl (C=O) groups is 1. The van der Waals surface area contributed by atoms with Gasteiger partial charge in [0.05, 0.1) is 0 Å². The van der Waals surface area contributed by atoms with E-state index in [4.69, 9.17) is 0 Å². The zero-order valence-corrected chi connectivity index (χ0v) is 9.92. The summed E-state index contributed by atoms with van der Waals surface area (Å²) in [7, 11) is 0. The predicted octanol–water partition coefficient (Wildman–Crippen LogP) is 1.62. The second-order valence-corrected chi connectivity index (χ2v) is 4.48. The first-order valence-corrected chi connectivity index (χ1v) is 5.94. The minimum atomic E-state index is -0.277. The Morgan fingerprint density at radius 2 is 2.35 bits per heavy atom. The van der Waals surface area contributed by atoms with E-state index in [2.05, 4.69) is 10.6 Å². The van der Waals surface area contributed by atoms with Crippen LogP contribution >= 0.6 is 0 Å². The molecule has 0 bridgehead atoms. The smallest absolute Gasteiger partial charge is 0.251 e. The molecule has 0 aromatic heterocycles. The summed E-state index contributed by atoms with van der Waals surface area (Å²) >= 11 is 0. The summed E-state index contributed by atoms with van der Waals surface area (Å²) in [5, 5.41) is 6.20. The van der Waals surface area contributed by atoms with Crippen LogP contribution in [0.25, 0.3) is 0 Å². The molecule has 1 heterocycles. The predicted molar refractivity (Wildman–Crippen MR) is 64.5 cm³/mol. The first kappa shape index (κ1) is 12.0. The van der Waals surface area contributed by atoms with E-state index in [9.17, 15) is 9.18 Å². The zero-order chi connectivity index (χ0) is 12.3. The van der Waals surface area contributed by atoms with Crippen LogP contribution in [0.4, 0.5) is 4.39 Å². The molecule has 2 N–H and O–H groups in total. The Bertz CT molecular complexity index is 414. The molecule has 92 valence electrons. The summed E-state index contributed by atoms with van der Waals surface area (Å²) in [6, 6.07) is 4.62. The SMILES string of the molecule is Cc1cc(C(=O)NC2CCCNC2)ccc1F. The Morgan fingerprint density at radius 3 is 3.00 bits per heavy atom. The van der Waals surface area contributed by atoms with Gasteiger partial charge in [-0.3, -0.25) is 4.79 Å². The van der Waals surface area contributed by atoms with Crippen molar-refractivity contribution in [2.45, 2.75) is 25.8 Å². The van der Waals surface area contributed by atoms with Crippen molar-refractivity contribution in [3.05, 3.63) is 35.1 Å². The summed E-state index contributed by atoms with van der Waals surface area (Å²) in [6.07, 6.45) is 2.08. The molecule has 1 fully saturated rings. The Kier molecular flexibility index (Phi) is 3.74. The molecule has 0 aliphatic carbocycles. The lowest BCUT2D eigenvalue weighted by Gasteiger charge is -2.23. The van der Waals surface area contributed by atoms with Gasteiger partial charge in [0.1, 0.15) is 5.82 Å². The van der Waals surface area contributed by atoms with Crippen LogP contribution in [0.1, 0.15) is 28.8 Å². The molecule has 1 aromatic rings. The van der Waals surface area contributed by atoms with Crippen LogP contribution in [0.2, 0.25) is 0 Å². The summed E-state index contributed by atoms with van der Waals surface area (Å²) in [6.45, 7) is 3.49. The van der Waals surface area contributed by atoms with Crippen molar-refractivity contribution in [2.75, 3.05) is 13.1 Å². The maximum atomic E-state index is 13.1. The fourth-order valence-electron chi connectivity index (χ4n) is 2.03. The molecule has 1 saturated heterocycles. The highest BCUT2D eigenvalue weighted by molar-refractivity contribution is 5.94. The molecule has 2 rings (SSSR count). The van der Waals surface area contributed by atoms with Crippen LogP contribution in [0.5, 0.6) is 0 Å². The number of hydrogen-bond acceptors (Lipinski definition) is 2. The van der Waals surface area contributed by atoms with E-state index in [1.165, 1.54) is 12.1 Å². The molecule has 1 atom stereocenters. The Morgan fingerprint density at radius 1 is 1.53 bits per heavy atom. The van der Waals surface area contributed by atoms with Crippen molar-refractivity contribution in [3.63, 3.8) is 0 Å². The number of piperidine rings is 1. The maximum Gasteiger partial charge on any atom is 0.251 e. The highest BCUT2D eigenvalue weighted by Gasteiger charge is 2.16. The minimum absolute atomic E-state index is 0.123. The lowest BCUT2D eigenvalue weighted by atomic mass is 10.1. The molecular weight excluding hydrogens is 219 g/mol. The largest absolute Gasteiger partial charge is 0.348 e. The van der Waals surface area contributed by atoms with E-state index >= 15 is 0 Å². The summed E-state index contributed by atoms with van der Waals surface area (Å²) < 4.78 is 13.1. The third-order valence-electron chi connectivity index (χ3n) is 3.05. The molecule has 1 aliphatic rings. The van der Waals surface area contributed by atoms with E-state index in [0.717, 1.165) is 25.9 Å². The molecule has 0 spiro atoms. The first-order chi connectivity index (χ1) is 8.16. The van der Waals surface area contributed by atoms with Gasteiger partial charge in [-0.15, -0.1) is 0 Å². The number of carbonyl (C=O) groups excluding carboxylic acids is 1. The normalized spacial score (nSPS) is 20.0. The molecule has 0 radical (unpaired) electrons. The minimum Gasteiger partial charge on any atom is -0.348 e. The summed E-state index contributed by atoms with van der Waals surface area (Å²) in [4.78, 5) is 11.9. The number of nitrogens with one attached hydrogen (secondary N) is 2. The molecule has 1 aliphatic heterocycles. The van der Waals surface area contributed by atoms with Gasteiger partial charge in [0.15, 0.2) is 0 Å². The van der Waals surface area contributed by atoms with Gasteiger partial charge in [-0.1, -0.05) is 0 Å². The van der Waals surface area contributed by atoms with Crippen LogP contribution in [0.15, 0.2) is 18.2 Å². The topological polar surface area (TPSA) is 41.1 Å². The maximum absolute atomic E-state index is 13.1. The lowest BCUT2D eigenvalue weighted by Crippen LogP contribution is -2.45. The third-order valence-corrected chi connectivity index (χ3v) is 3.05. The van der Waals surface area contributed by atoms with Gasteiger partial charge in [-0.2, -0.15) is 0 Å². The van der Waals surface area contributed by atoms with Crippen LogP contribution in [-0.2, 0) is 0 Å². The van der Waals surface area contributed by atoms with E-state index in [1.807, 2.05) is 0 Å². The third kappa shape index (κ3) is 3.03. The Balaban J connectivity index is 2.01. The molecule has 0 saturated carbocycles. The number of rotatable bonds is 2. The van der Waals surface area contributed by atoms with Crippen LogP contribution in [-0.4, -0.2) is 25.0 Å². The first-order valence-electron chi connectivity index (χ1n) is 5.94. The van der Waals surface area contributed by atoms with Gasteiger partial charge < -0.3 is 10.6 Å². The molecule has 1 amide bonds. The quantitative estimate of drug-likeness (QED) is 0.819. The van der Waals surface area contributed by atoms with E-state index in [-0.39, 0.29) is 17.8 Å². The van der Waals surface area contributed by atoms with E-state index in [1.54, 1.807) is 13.0 Å². The van der Waals surface area contributed by atoms with Gasteiger partial charge in [0.25, 0.3) is 5.91 Å². The molecule has 1 aromatic carbocycles. The molecule has 17 heavy (non-hydrogen) atoms. The van der Waals surface area contributed by atoms with Gasteiger partial charge >= 0.3 is 0 Å². The standard InChI is InChI=1S/C13H17FN2O/c1-9-7-10(4-5-12(9)14)13(17)16-11-3-2-6-15-8-11/h4-5,7,11,15H,2-3,6,8H2,1H3,(H,16,17). The second-order valence-electron chi connectivity index (χ2n) is 4.48. The van der Waals surface area contributed by atoms with Crippen molar-refractivity contribution in [2.24, 2.45) is 0 Å². The molecule has 4 heteroatoms. The van der Waals surface area contributed by atoms with Crippen LogP contribution < -0.4 is 10.6 Å². The summed E-state index contributed by atoms with van der Waals surface area (Å²) in [5.74, 6) is -0.400. The van der Waals surface area contributed by atoms with Crippen molar-refractivity contribution in [3.8, 4) is 0 Å². The van der Waals surface area contributed by atoms with Crippen molar-refractivity contribution in [1.29, 1.82) is 0 Å². The lowest BCUT2D eigenvalue weighted by molar-refractivity contribution is 0.0930. The average molecular weight is 236 g/mol. The van der Waals surface area contributed by atoms with Gasteiger partial charge in [0, 0.05) is 18.2 Å². The van der Waals surface area contributed by atoms with Gasteiger partial charge in [-0.05, 0) is 50.1 Å². The van der Waals surface area contributed by atoms with E-state index in [0.29, 0.717) is 11.1 Å². The fraction of sp³-hybridized carbons (Fsp3) is 0.462. The van der Waals surface area contributed by atoms with Crippen molar-refractivity contribution >= 4 is 5.91 Å². The van der Waals surface area contributed by atoms with Crippen LogP contribution in [0.3, 0.4) is 0 Å². The number of hydrogen-bond donors (Lipinski definition) is 2. The Hall–Kier alpha value is -1.42. The van der Waals surface area contributed by atoms with Crippen LogP contribution in [0, 0.1) is 12.7 Å². The number of halogens is 1. The number of amides is 1. The van der Waals surface area contributed by atoms with Crippen molar-refractivity contribution < 1.29 is 9.18 Å². The van der Waals surface area contributed by atoms with Crippen molar-refractivity contribution in [1.82, 2.24) is 10.6 Å². The summed E-state index contributed by atoms with van der Waals surface area (Å²) in [5.41, 5.74) is 1.02. The highest BCUT2D eigenvalue weighted by Crippen LogP contribution is 2.10. The molecule has 3 nitrogen and oxygen atoms in total. The highest BCUT2D eigenvalue weighted by atomic mass is 19.1. The molecule has 1 unspecified atom stereocenters. The molecular formula is C13H17FN2O.